The summed E-state index contributed by atoms with van der Waals surface area (Å²) in [6.07, 6.45) is 0. The zero-order chi connectivity index (χ0) is 16.4. The van der Waals surface area contributed by atoms with Crippen LogP contribution in [0.4, 0.5) is 14.9 Å². The van der Waals surface area contributed by atoms with Gasteiger partial charge in [0.15, 0.2) is 5.75 Å². The van der Waals surface area contributed by atoms with Gasteiger partial charge in [-0.25, -0.2) is 20.0 Å². The number of hydrogen-bond donors (Lipinski definition) is 5. The monoisotopic (exact) mass is 295 g/mol. The highest BCUT2D eigenvalue weighted by atomic mass is 19.1. The van der Waals surface area contributed by atoms with Crippen LogP contribution >= 0.6 is 0 Å². The third-order valence-electron chi connectivity index (χ3n) is 2.39. The SMILES string of the molecule is [B]C([B])(O)C(O)(O)Oc1cc(F)ccc1N(N)C(=O)NC. The number of ether oxygens (including phenoxy) is 1. The van der Waals surface area contributed by atoms with Gasteiger partial charge in [-0.05, 0) is 12.1 Å². The third-order valence-corrected chi connectivity index (χ3v) is 2.39. The predicted octanol–water partition coefficient (Wildman–Crippen LogP) is -2.15. The molecule has 0 fully saturated rings. The van der Waals surface area contributed by atoms with Crippen molar-refractivity contribution in [2.75, 3.05) is 12.1 Å². The van der Waals surface area contributed by atoms with E-state index in [1.807, 2.05) is 0 Å². The fourth-order valence-corrected chi connectivity index (χ4v) is 1.23. The summed E-state index contributed by atoms with van der Waals surface area (Å²) in [7, 11) is 11.1. The summed E-state index contributed by atoms with van der Waals surface area (Å²) >= 11 is 0. The van der Waals surface area contributed by atoms with Gasteiger partial charge in [-0.1, -0.05) is 0 Å². The average molecular weight is 295 g/mol. The molecule has 1 aromatic carbocycles. The molecule has 6 N–H and O–H groups in total. The number of benzene rings is 1. The molecule has 110 valence electrons. The van der Waals surface area contributed by atoms with E-state index in [1.54, 1.807) is 0 Å². The number of hydrogen-bond acceptors (Lipinski definition) is 6. The summed E-state index contributed by atoms with van der Waals surface area (Å²) in [5, 5.41) is 27.7. The van der Waals surface area contributed by atoms with Crippen molar-refractivity contribution in [2.45, 2.75) is 11.4 Å². The molecule has 1 rings (SSSR count). The minimum absolute atomic E-state index is 0.243. The number of halogens is 1. The first-order valence-corrected chi connectivity index (χ1v) is 5.49. The highest BCUT2D eigenvalue weighted by Gasteiger charge is 2.43. The van der Waals surface area contributed by atoms with Crippen molar-refractivity contribution in [1.29, 1.82) is 0 Å². The maximum absolute atomic E-state index is 13.2. The van der Waals surface area contributed by atoms with Crippen molar-refractivity contribution in [3.63, 3.8) is 0 Å². The van der Waals surface area contributed by atoms with Gasteiger partial charge in [0.05, 0.1) is 5.40 Å². The first-order chi connectivity index (χ1) is 9.49. The molecule has 21 heavy (non-hydrogen) atoms. The lowest BCUT2D eigenvalue weighted by atomic mass is 9.63. The molecule has 0 atom stereocenters. The van der Waals surface area contributed by atoms with Crippen molar-refractivity contribution in [2.24, 2.45) is 5.84 Å². The van der Waals surface area contributed by atoms with E-state index in [9.17, 15) is 24.5 Å². The zero-order valence-corrected chi connectivity index (χ0v) is 10.9. The molecule has 8 nitrogen and oxygen atoms in total. The Bertz CT molecular complexity index is 538. The number of hydrazine groups is 1. The van der Waals surface area contributed by atoms with E-state index in [0.29, 0.717) is 11.1 Å². The van der Waals surface area contributed by atoms with Crippen LogP contribution in [0.3, 0.4) is 0 Å². The summed E-state index contributed by atoms with van der Waals surface area (Å²) in [4.78, 5) is 11.4. The summed E-state index contributed by atoms with van der Waals surface area (Å²) in [5.74, 6) is 0.548. The van der Waals surface area contributed by atoms with Crippen LogP contribution in [-0.4, -0.2) is 55.5 Å². The van der Waals surface area contributed by atoms with E-state index in [0.717, 1.165) is 12.1 Å². The van der Waals surface area contributed by atoms with Crippen molar-refractivity contribution in [3.8, 4) is 5.75 Å². The van der Waals surface area contributed by atoms with E-state index >= 15 is 0 Å². The van der Waals surface area contributed by atoms with Gasteiger partial charge in [-0.3, -0.25) is 0 Å². The number of aliphatic hydroxyl groups is 3. The number of urea groups is 1. The Hall–Kier alpha value is -1.81. The van der Waals surface area contributed by atoms with Crippen LogP contribution in [0.25, 0.3) is 0 Å². The Morgan fingerprint density at radius 3 is 2.48 bits per heavy atom. The van der Waals surface area contributed by atoms with Crippen molar-refractivity contribution >= 4 is 27.4 Å². The second kappa shape index (κ2) is 5.90. The van der Waals surface area contributed by atoms with Crippen molar-refractivity contribution in [1.82, 2.24) is 5.32 Å². The van der Waals surface area contributed by atoms with Gasteiger partial charge < -0.3 is 25.4 Å². The molecule has 0 aliphatic heterocycles. The number of carbonyl (C=O) groups is 1. The van der Waals surface area contributed by atoms with Crippen LogP contribution in [0.15, 0.2) is 18.2 Å². The topological polar surface area (TPSA) is 128 Å². The molecule has 0 aromatic heterocycles. The van der Waals surface area contributed by atoms with Gasteiger partial charge in [0.2, 0.25) is 0 Å². The Kier molecular flexibility index (Phi) is 4.84. The molecule has 0 aliphatic rings. The predicted molar refractivity (Wildman–Crippen MR) is 71.8 cm³/mol. The second-order valence-corrected chi connectivity index (χ2v) is 4.07. The standard InChI is InChI=1S/C10H12B2FN3O5/c1-15-8(17)16(14)6-3-2-5(13)4-7(6)21-10(19,20)9(11,12)18/h2-4,18-20H,14H2,1H3,(H,15,17). The molecule has 0 aliphatic carbocycles. The van der Waals surface area contributed by atoms with Gasteiger partial charge in [0.25, 0.3) is 0 Å². The molecular formula is C10H12B2FN3O5. The van der Waals surface area contributed by atoms with Gasteiger partial charge in [0.1, 0.15) is 27.2 Å². The molecule has 4 radical (unpaired) electrons. The number of nitrogens with zero attached hydrogens (tertiary/aromatic N) is 1. The molecule has 11 heteroatoms. The van der Waals surface area contributed by atoms with Crippen molar-refractivity contribution in [3.05, 3.63) is 24.0 Å². The Morgan fingerprint density at radius 1 is 1.43 bits per heavy atom. The van der Waals surface area contributed by atoms with E-state index in [2.05, 4.69) is 10.1 Å². The number of rotatable bonds is 4. The number of nitrogens with one attached hydrogen (secondary N) is 1. The largest absolute Gasteiger partial charge is 0.436 e. The van der Waals surface area contributed by atoms with Crippen molar-refractivity contribution < 1.29 is 29.2 Å². The van der Waals surface area contributed by atoms with E-state index in [4.69, 9.17) is 21.5 Å². The van der Waals surface area contributed by atoms with Crippen LogP contribution < -0.4 is 20.9 Å². The third kappa shape index (κ3) is 3.85. The number of anilines is 1. The number of amides is 2. The van der Waals surface area contributed by atoms with Gasteiger partial charge in [-0.2, -0.15) is 0 Å². The van der Waals surface area contributed by atoms with E-state index < -0.39 is 29.0 Å². The van der Waals surface area contributed by atoms with Crippen LogP contribution in [0.1, 0.15) is 0 Å². The van der Waals surface area contributed by atoms with E-state index in [-0.39, 0.29) is 5.69 Å². The van der Waals surface area contributed by atoms with E-state index in [1.165, 1.54) is 7.05 Å². The average Bonchev–Trinajstić information content (AvgIpc) is 2.35. The molecule has 0 heterocycles. The molecular weight excluding hydrogens is 283 g/mol. The lowest BCUT2D eigenvalue weighted by Crippen LogP contribution is -2.59. The smallest absolute Gasteiger partial charge is 0.336 e. The van der Waals surface area contributed by atoms with Gasteiger partial charge in [0, 0.05) is 13.1 Å². The fraction of sp³-hybridized carbons (Fsp3) is 0.300. The minimum atomic E-state index is -3.47. The molecule has 0 bridgehead atoms. The lowest BCUT2D eigenvalue weighted by Gasteiger charge is -2.35. The highest BCUT2D eigenvalue weighted by Crippen LogP contribution is 2.31. The normalized spacial score (nSPS) is 11.9. The molecule has 0 saturated heterocycles. The number of nitrogens with two attached hydrogens (primary N) is 1. The Balaban J connectivity index is 3.23. The molecule has 0 spiro atoms. The Labute approximate surface area is 122 Å². The first kappa shape index (κ1) is 17.2. The van der Waals surface area contributed by atoms with Gasteiger partial charge in [-0.15, -0.1) is 0 Å². The molecule has 0 saturated carbocycles. The summed E-state index contributed by atoms with van der Waals surface area (Å²) in [6.45, 7) is 0. The maximum atomic E-state index is 13.2. The summed E-state index contributed by atoms with van der Waals surface area (Å²) in [5.41, 5.74) is -0.243. The van der Waals surface area contributed by atoms with Crippen LogP contribution in [0, 0.1) is 5.82 Å². The highest BCUT2D eigenvalue weighted by molar-refractivity contribution is 6.39. The van der Waals surface area contributed by atoms with Crippen LogP contribution in [0.2, 0.25) is 0 Å². The van der Waals surface area contributed by atoms with Gasteiger partial charge >= 0.3 is 12.0 Å². The van der Waals surface area contributed by atoms with Crippen LogP contribution in [-0.2, 0) is 0 Å². The fourth-order valence-electron chi connectivity index (χ4n) is 1.23. The maximum Gasteiger partial charge on any atom is 0.336 e. The lowest BCUT2D eigenvalue weighted by molar-refractivity contribution is -0.331. The first-order valence-electron chi connectivity index (χ1n) is 5.49. The molecule has 0 unspecified atom stereocenters. The van der Waals surface area contributed by atoms with Crippen LogP contribution in [0.5, 0.6) is 5.75 Å². The molecule has 2 amide bonds. The minimum Gasteiger partial charge on any atom is -0.436 e. The summed E-state index contributed by atoms with van der Waals surface area (Å²) in [6, 6.07) is 1.86. The quantitative estimate of drug-likeness (QED) is 0.142. The molecule has 1 aromatic rings. The number of carbonyl (C=O) groups excluding carboxylic acids is 1. The zero-order valence-electron chi connectivity index (χ0n) is 10.9. The second-order valence-electron chi connectivity index (χ2n) is 4.07. The summed E-state index contributed by atoms with van der Waals surface area (Å²) < 4.78 is 17.8. The Morgan fingerprint density at radius 2 is 2.00 bits per heavy atom.